The normalized spacial score (nSPS) is 20.6. The smallest absolute Gasteiger partial charge is 0.164 e. The van der Waals surface area contributed by atoms with Crippen LogP contribution in [-0.4, -0.2) is 33.1 Å². The summed E-state index contributed by atoms with van der Waals surface area (Å²) in [5.41, 5.74) is 1.86. The third kappa shape index (κ3) is 1.50. The van der Waals surface area contributed by atoms with E-state index in [1.807, 2.05) is 12.1 Å². The lowest BCUT2D eigenvalue weighted by atomic mass is 9.95. The Morgan fingerprint density at radius 3 is 2.71 bits per heavy atom. The first-order valence-electron chi connectivity index (χ1n) is 5.42. The van der Waals surface area contributed by atoms with Gasteiger partial charge in [-0.3, -0.25) is 0 Å². The fourth-order valence-corrected chi connectivity index (χ4v) is 2.12. The summed E-state index contributed by atoms with van der Waals surface area (Å²) in [6, 6.07) is 3.71. The van der Waals surface area contributed by atoms with Crippen LogP contribution in [0, 0.1) is 5.92 Å². The van der Waals surface area contributed by atoms with Crippen molar-refractivity contribution in [1.29, 1.82) is 0 Å². The van der Waals surface area contributed by atoms with E-state index in [9.17, 15) is 0 Å². The average molecular weight is 235 g/mol. The Morgan fingerprint density at radius 1 is 1.18 bits per heavy atom. The van der Waals surface area contributed by atoms with E-state index in [0.717, 1.165) is 17.0 Å². The average Bonchev–Trinajstić information content (AvgIpc) is 2.85. The van der Waals surface area contributed by atoms with Gasteiger partial charge in [0, 0.05) is 11.6 Å². The number of rotatable bonds is 2. The van der Waals surface area contributed by atoms with Crippen molar-refractivity contribution in [2.75, 3.05) is 27.4 Å². The molecule has 5 nitrogen and oxygen atoms in total. The lowest BCUT2D eigenvalue weighted by Crippen LogP contribution is -2.27. The lowest BCUT2D eigenvalue weighted by molar-refractivity contribution is 0.136. The molecule has 2 aliphatic heterocycles. The molecule has 0 spiro atoms. The van der Waals surface area contributed by atoms with Crippen LogP contribution < -0.4 is 14.2 Å². The Labute approximate surface area is 98.9 Å². The lowest BCUT2D eigenvalue weighted by Gasteiger charge is -2.22. The number of ether oxygens (including phenoxy) is 3. The van der Waals surface area contributed by atoms with Crippen LogP contribution in [0.15, 0.2) is 17.3 Å². The summed E-state index contributed by atoms with van der Waals surface area (Å²) in [5, 5.41) is 4.07. The van der Waals surface area contributed by atoms with Gasteiger partial charge in [0.15, 0.2) is 11.5 Å². The zero-order chi connectivity index (χ0) is 11.8. The summed E-state index contributed by atoms with van der Waals surface area (Å²) >= 11 is 0. The molecule has 3 rings (SSSR count). The number of hydrogen-bond acceptors (Lipinski definition) is 5. The SMILES string of the molecule is COc1cc2c(cc1OC)C1=NOCC1CO2. The summed E-state index contributed by atoms with van der Waals surface area (Å²) in [6.07, 6.45) is 0. The summed E-state index contributed by atoms with van der Waals surface area (Å²) < 4.78 is 16.2. The van der Waals surface area contributed by atoms with Gasteiger partial charge in [-0.2, -0.15) is 0 Å². The highest BCUT2D eigenvalue weighted by atomic mass is 16.6. The predicted octanol–water partition coefficient (Wildman–Crippen LogP) is 1.45. The van der Waals surface area contributed by atoms with E-state index >= 15 is 0 Å². The number of fused-ring (bicyclic) bond motifs is 3. The Morgan fingerprint density at radius 2 is 1.94 bits per heavy atom. The molecule has 0 amide bonds. The van der Waals surface area contributed by atoms with Crippen molar-refractivity contribution in [3.63, 3.8) is 0 Å². The zero-order valence-electron chi connectivity index (χ0n) is 9.73. The Kier molecular flexibility index (Phi) is 2.31. The molecular weight excluding hydrogens is 222 g/mol. The van der Waals surface area contributed by atoms with E-state index in [2.05, 4.69) is 5.16 Å². The van der Waals surface area contributed by atoms with Crippen molar-refractivity contribution in [2.24, 2.45) is 11.1 Å². The van der Waals surface area contributed by atoms with Gasteiger partial charge in [-0.25, -0.2) is 0 Å². The molecule has 0 saturated heterocycles. The van der Waals surface area contributed by atoms with E-state index in [1.165, 1.54) is 0 Å². The number of nitrogens with zero attached hydrogens (tertiary/aromatic N) is 1. The van der Waals surface area contributed by atoms with Crippen molar-refractivity contribution >= 4 is 5.71 Å². The quantitative estimate of drug-likeness (QED) is 0.778. The zero-order valence-corrected chi connectivity index (χ0v) is 9.73. The molecule has 0 saturated carbocycles. The first-order chi connectivity index (χ1) is 8.33. The largest absolute Gasteiger partial charge is 0.493 e. The maximum Gasteiger partial charge on any atom is 0.164 e. The molecule has 0 aromatic heterocycles. The van der Waals surface area contributed by atoms with Crippen molar-refractivity contribution in [1.82, 2.24) is 0 Å². The minimum absolute atomic E-state index is 0.223. The van der Waals surface area contributed by atoms with E-state index in [4.69, 9.17) is 19.0 Å². The van der Waals surface area contributed by atoms with Crippen LogP contribution >= 0.6 is 0 Å². The Balaban J connectivity index is 2.12. The maximum atomic E-state index is 5.68. The molecule has 5 heteroatoms. The molecule has 0 aliphatic carbocycles. The minimum atomic E-state index is 0.223. The van der Waals surface area contributed by atoms with Crippen LogP contribution in [0.25, 0.3) is 0 Å². The first kappa shape index (κ1) is 10.3. The highest BCUT2D eigenvalue weighted by Crippen LogP contribution is 2.39. The molecule has 1 unspecified atom stereocenters. The predicted molar refractivity (Wildman–Crippen MR) is 61.0 cm³/mol. The second kappa shape index (κ2) is 3.84. The molecular formula is C12H13NO4. The number of oxime groups is 1. The monoisotopic (exact) mass is 235 g/mol. The second-order valence-electron chi connectivity index (χ2n) is 3.98. The summed E-state index contributed by atoms with van der Waals surface area (Å²) in [7, 11) is 3.21. The molecule has 1 atom stereocenters. The second-order valence-corrected chi connectivity index (χ2v) is 3.98. The highest BCUT2D eigenvalue weighted by Gasteiger charge is 2.33. The van der Waals surface area contributed by atoms with Gasteiger partial charge in [-0.1, -0.05) is 5.16 Å². The number of benzene rings is 1. The van der Waals surface area contributed by atoms with Gasteiger partial charge in [0.05, 0.1) is 20.1 Å². The molecule has 90 valence electrons. The van der Waals surface area contributed by atoms with Crippen LogP contribution in [0.3, 0.4) is 0 Å². The van der Waals surface area contributed by atoms with Crippen LogP contribution in [0.2, 0.25) is 0 Å². The minimum Gasteiger partial charge on any atom is -0.493 e. The van der Waals surface area contributed by atoms with Crippen LogP contribution in [0.5, 0.6) is 17.2 Å². The van der Waals surface area contributed by atoms with Gasteiger partial charge in [0.1, 0.15) is 24.7 Å². The van der Waals surface area contributed by atoms with E-state index < -0.39 is 0 Å². The summed E-state index contributed by atoms with van der Waals surface area (Å²) in [6.45, 7) is 1.18. The van der Waals surface area contributed by atoms with E-state index in [0.29, 0.717) is 24.7 Å². The van der Waals surface area contributed by atoms with Crippen LogP contribution in [-0.2, 0) is 4.84 Å². The molecule has 1 aromatic rings. The van der Waals surface area contributed by atoms with Gasteiger partial charge in [-0.05, 0) is 6.07 Å². The Hall–Kier alpha value is -1.91. The van der Waals surface area contributed by atoms with Gasteiger partial charge < -0.3 is 19.0 Å². The third-order valence-corrected chi connectivity index (χ3v) is 3.03. The molecule has 17 heavy (non-hydrogen) atoms. The molecule has 0 fully saturated rings. The van der Waals surface area contributed by atoms with Crippen molar-refractivity contribution in [3.05, 3.63) is 17.7 Å². The molecule has 0 radical (unpaired) electrons. The van der Waals surface area contributed by atoms with Crippen molar-refractivity contribution in [2.45, 2.75) is 0 Å². The number of hydrogen-bond donors (Lipinski definition) is 0. The summed E-state index contributed by atoms with van der Waals surface area (Å²) in [4.78, 5) is 5.11. The maximum absolute atomic E-state index is 5.68. The highest BCUT2D eigenvalue weighted by molar-refractivity contribution is 6.06. The third-order valence-electron chi connectivity index (χ3n) is 3.03. The molecule has 2 aliphatic rings. The van der Waals surface area contributed by atoms with Gasteiger partial charge in [0.25, 0.3) is 0 Å². The van der Waals surface area contributed by atoms with Crippen molar-refractivity contribution < 1.29 is 19.0 Å². The standard InChI is InChI=1S/C12H13NO4/c1-14-10-3-8-9(4-11(10)15-2)16-5-7-6-17-13-12(7)8/h3-4,7H,5-6H2,1-2H3. The molecule has 2 heterocycles. The fourth-order valence-electron chi connectivity index (χ4n) is 2.12. The fraction of sp³-hybridized carbons (Fsp3) is 0.417. The molecule has 0 N–H and O–H groups in total. The van der Waals surface area contributed by atoms with E-state index in [1.54, 1.807) is 14.2 Å². The first-order valence-corrected chi connectivity index (χ1v) is 5.42. The van der Waals surface area contributed by atoms with Crippen molar-refractivity contribution in [3.8, 4) is 17.2 Å². The van der Waals surface area contributed by atoms with Gasteiger partial charge in [0.2, 0.25) is 0 Å². The van der Waals surface area contributed by atoms with Crippen LogP contribution in [0.1, 0.15) is 5.56 Å². The van der Waals surface area contributed by atoms with Crippen LogP contribution in [0.4, 0.5) is 0 Å². The van der Waals surface area contributed by atoms with Gasteiger partial charge in [-0.15, -0.1) is 0 Å². The van der Waals surface area contributed by atoms with E-state index in [-0.39, 0.29) is 5.92 Å². The van der Waals surface area contributed by atoms with Gasteiger partial charge >= 0.3 is 0 Å². The number of methoxy groups -OCH3 is 2. The Bertz CT molecular complexity index is 484. The molecule has 1 aromatic carbocycles. The molecule has 0 bridgehead atoms. The topological polar surface area (TPSA) is 49.3 Å². The summed E-state index contributed by atoms with van der Waals surface area (Å²) in [5.74, 6) is 2.32.